The SMILES string of the molecule is CC1=CC(N)=NC(C)C1CNC(=O)c1cn(Cc2ccccc2C#N)c2ccccc12. The summed E-state index contributed by atoms with van der Waals surface area (Å²) in [6.07, 6.45) is 3.74. The summed E-state index contributed by atoms with van der Waals surface area (Å²) in [5, 5.41) is 13.4. The zero-order valence-electron chi connectivity index (χ0n) is 17.7. The third kappa shape index (κ3) is 4.08. The van der Waals surface area contributed by atoms with Crippen molar-refractivity contribution >= 4 is 22.6 Å². The number of dihydropyridines is 1. The lowest BCUT2D eigenvalue weighted by molar-refractivity contribution is 0.0949. The smallest absolute Gasteiger partial charge is 0.253 e. The second-order valence-electron chi connectivity index (χ2n) is 7.96. The van der Waals surface area contributed by atoms with Gasteiger partial charge in [0.2, 0.25) is 0 Å². The monoisotopic (exact) mass is 411 g/mol. The van der Waals surface area contributed by atoms with Gasteiger partial charge in [-0.2, -0.15) is 5.26 Å². The Morgan fingerprint density at radius 3 is 2.74 bits per heavy atom. The first-order valence-electron chi connectivity index (χ1n) is 10.3. The molecular weight excluding hydrogens is 386 g/mol. The maximum atomic E-state index is 13.1. The number of nitrogens with one attached hydrogen (secondary N) is 1. The first-order chi connectivity index (χ1) is 15.0. The largest absolute Gasteiger partial charge is 0.384 e. The zero-order chi connectivity index (χ0) is 22.0. The molecular formula is C25H25N5O. The Balaban J connectivity index is 1.59. The van der Waals surface area contributed by atoms with Crippen molar-refractivity contribution in [1.29, 1.82) is 5.26 Å². The minimum Gasteiger partial charge on any atom is -0.384 e. The molecule has 2 atom stereocenters. The number of para-hydroxylation sites is 1. The average molecular weight is 412 g/mol. The van der Waals surface area contributed by atoms with Gasteiger partial charge in [-0.15, -0.1) is 0 Å². The number of carbonyl (C=O) groups is 1. The van der Waals surface area contributed by atoms with Crippen molar-refractivity contribution in [3.8, 4) is 6.07 Å². The molecule has 1 aromatic heterocycles. The number of fused-ring (bicyclic) bond motifs is 1. The first-order valence-corrected chi connectivity index (χ1v) is 10.3. The van der Waals surface area contributed by atoms with E-state index in [1.165, 1.54) is 0 Å². The fourth-order valence-electron chi connectivity index (χ4n) is 4.22. The minimum absolute atomic E-state index is 0.0223. The number of nitrogens with zero attached hydrogens (tertiary/aromatic N) is 3. The number of benzene rings is 2. The summed E-state index contributed by atoms with van der Waals surface area (Å²) in [5.74, 6) is 0.534. The topological polar surface area (TPSA) is 96.2 Å². The van der Waals surface area contributed by atoms with Crippen LogP contribution in [0.4, 0.5) is 0 Å². The van der Waals surface area contributed by atoms with Gasteiger partial charge >= 0.3 is 0 Å². The summed E-state index contributed by atoms with van der Waals surface area (Å²) < 4.78 is 2.03. The van der Waals surface area contributed by atoms with Crippen LogP contribution in [0.1, 0.15) is 35.3 Å². The van der Waals surface area contributed by atoms with Crippen LogP contribution in [-0.2, 0) is 6.54 Å². The van der Waals surface area contributed by atoms with Crippen LogP contribution < -0.4 is 11.1 Å². The molecule has 3 aromatic rings. The van der Waals surface area contributed by atoms with Gasteiger partial charge in [0, 0.05) is 36.1 Å². The Labute approximate surface area is 181 Å². The molecule has 2 unspecified atom stereocenters. The molecule has 6 nitrogen and oxygen atoms in total. The number of aliphatic imine (C=N–C) groups is 1. The van der Waals surface area contributed by atoms with Crippen molar-refractivity contribution in [2.24, 2.45) is 16.6 Å². The lowest BCUT2D eigenvalue weighted by atomic mass is 9.91. The molecule has 2 aromatic carbocycles. The van der Waals surface area contributed by atoms with Gasteiger partial charge < -0.3 is 15.6 Å². The van der Waals surface area contributed by atoms with Crippen LogP contribution in [0.15, 0.2) is 71.4 Å². The molecule has 156 valence electrons. The number of rotatable bonds is 5. The number of nitrogens with two attached hydrogens (primary N) is 1. The van der Waals surface area contributed by atoms with E-state index in [2.05, 4.69) is 16.4 Å². The number of aromatic nitrogens is 1. The molecule has 6 heteroatoms. The van der Waals surface area contributed by atoms with Crippen LogP contribution in [0.3, 0.4) is 0 Å². The van der Waals surface area contributed by atoms with E-state index in [-0.39, 0.29) is 17.9 Å². The van der Waals surface area contributed by atoms with E-state index in [0.717, 1.165) is 22.0 Å². The van der Waals surface area contributed by atoms with Crippen molar-refractivity contribution in [1.82, 2.24) is 9.88 Å². The van der Waals surface area contributed by atoms with E-state index in [1.54, 1.807) is 0 Å². The Morgan fingerprint density at radius 2 is 1.97 bits per heavy atom. The van der Waals surface area contributed by atoms with Gasteiger partial charge in [0.25, 0.3) is 5.91 Å². The minimum atomic E-state index is -0.119. The van der Waals surface area contributed by atoms with Crippen molar-refractivity contribution in [2.45, 2.75) is 26.4 Å². The van der Waals surface area contributed by atoms with Gasteiger partial charge in [0.05, 0.1) is 23.2 Å². The maximum absolute atomic E-state index is 13.1. The number of hydrogen-bond acceptors (Lipinski definition) is 4. The van der Waals surface area contributed by atoms with Gasteiger partial charge in [0.1, 0.15) is 5.84 Å². The fraction of sp³-hybridized carbons (Fsp3) is 0.240. The van der Waals surface area contributed by atoms with Gasteiger partial charge in [-0.05, 0) is 37.6 Å². The van der Waals surface area contributed by atoms with Crippen molar-refractivity contribution in [2.75, 3.05) is 6.54 Å². The second-order valence-corrected chi connectivity index (χ2v) is 7.96. The van der Waals surface area contributed by atoms with Gasteiger partial charge in [-0.1, -0.05) is 42.0 Å². The molecule has 0 saturated heterocycles. The standard InChI is InChI=1S/C25H25N5O/c1-16-11-24(27)29-17(2)21(16)13-28-25(31)22-15-30(23-10-6-5-9-20(22)23)14-19-8-4-3-7-18(19)12-26/h3-11,15,17,21H,13-14H2,1-2H3,(H2,27,29)(H,28,31). The third-order valence-electron chi connectivity index (χ3n) is 5.89. The second kappa shape index (κ2) is 8.49. The molecule has 31 heavy (non-hydrogen) atoms. The maximum Gasteiger partial charge on any atom is 0.253 e. The number of nitriles is 1. The molecule has 0 spiro atoms. The van der Waals surface area contributed by atoms with E-state index in [0.29, 0.717) is 30.1 Å². The molecule has 2 heterocycles. The number of amidine groups is 1. The van der Waals surface area contributed by atoms with Crippen LogP contribution in [0.5, 0.6) is 0 Å². The summed E-state index contributed by atoms with van der Waals surface area (Å²) in [4.78, 5) is 17.5. The fourth-order valence-corrected chi connectivity index (χ4v) is 4.22. The van der Waals surface area contributed by atoms with E-state index < -0.39 is 0 Å². The van der Waals surface area contributed by atoms with Crippen molar-refractivity contribution in [3.63, 3.8) is 0 Å². The lowest BCUT2D eigenvalue weighted by Gasteiger charge is -2.26. The summed E-state index contributed by atoms with van der Waals surface area (Å²) in [6, 6.07) is 17.6. The molecule has 1 aliphatic heterocycles. The van der Waals surface area contributed by atoms with E-state index in [1.807, 2.05) is 79.2 Å². The predicted molar refractivity (Wildman–Crippen MR) is 123 cm³/mol. The first kappa shape index (κ1) is 20.4. The van der Waals surface area contributed by atoms with Crippen LogP contribution in [-0.4, -0.2) is 28.9 Å². The highest BCUT2D eigenvalue weighted by Gasteiger charge is 2.24. The highest BCUT2D eigenvalue weighted by atomic mass is 16.1. The summed E-state index contributed by atoms with van der Waals surface area (Å²) in [6.45, 7) is 5.05. The van der Waals surface area contributed by atoms with Crippen LogP contribution in [0, 0.1) is 17.2 Å². The van der Waals surface area contributed by atoms with Crippen molar-refractivity contribution in [3.05, 3.63) is 83.1 Å². The highest BCUT2D eigenvalue weighted by Crippen LogP contribution is 2.24. The number of hydrogen-bond donors (Lipinski definition) is 2. The summed E-state index contributed by atoms with van der Waals surface area (Å²) in [7, 11) is 0. The number of carbonyl (C=O) groups excluding carboxylic acids is 1. The predicted octanol–water partition coefficient (Wildman–Crippen LogP) is 3.61. The van der Waals surface area contributed by atoms with E-state index in [9.17, 15) is 10.1 Å². The van der Waals surface area contributed by atoms with Crippen LogP contribution in [0.25, 0.3) is 10.9 Å². The van der Waals surface area contributed by atoms with Crippen LogP contribution in [0.2, 0.25) is 0 Å². The van der Waals surface area contributed by atoms with Gasteiger partial charge in [-0.3, -0.25) is 9.79 Å². The molecule has 1 amide bonds. The van der Waals surface area contributed by atoms with E-state index >= 15 is 0 Å². The Morgan fingerprint density at radius 1 is 1.23 bits per heavy atom. The summed E-state index contributed by atoms with van der Waals surface area (Å²) in [5.41, 5.74) is 10.1. The Kier molecular flexibility index (Phi) is 5.59. The van der Waals surface area contributed by atoms with E-state index in [4.69, 9.17) is 5.73 Å². The Hall–Kier alpha value is -3.85. The van der Waals surface area contributed by atoms with Crippen molar-refractivity contribution < 1.29 is 4.79 Å². The van der Waals surface area contributed by atoms with Crippen LogP contribution >= 0.6 is 0 Å². The quantitative estimate of drug-likeness (QED) is 0.671. The molecule has 4 rings (SSSR count). The van der Waals surface area contributed by atoms with Gasteiger partial charge in [0.15, 0.2) is 0 Å². The molecule has 1 aliphatic rings. The molecule has 0 bridgehead atoms. The zero-order valence-corrected chi connectivity index (χ0v) is 17.7. The molecule has 3 N–H and O–H groups in total. The molecule has 0 saturated carbocycles. The highest BCUT2D eigenvalue weighted by molar-refractivity contribution is 6.07. The number of amides is 1. The third-order valence-corrected chi connectivity index (χ3v) is 5.89. The summed E-state index contributed by atoms with van der Waals surface area (Å²) >= 11 is 0. The lowest BCUT2D eigenvalue weighted by Crippen LogP contribution is -2.36. The molecule has 0 fully saturated rings. The normalized spacial score (nSPS) is 18.2. The average Bonchev–Trinajstić information content (AvgIpc) is 3.12. The van der Waals surface area contributed by atoms with Gasteiger partial charge in [-0.25, -0.2) is 0 Å². The Bertz CT molecular complexity index is 1240. The molecule has 0 radical (unpaired) electrons. The molecule has 0 aliphatic carbocycles.